The van der Waals surface area contributed by atoms with Crippen LogP contribution in [0.5, 0.6) is 5.88 Å². The monoisotopic (exact) mass is 201 g/mol. The van der Waals surface area contributed by atoms with Gasteiger partial charge in [-0.25, -0.2) is 9.78 Å². The smallest absolute Gasteiger partial charge is 0.336 e. The van der Waals surface area contributed by atoms with Crippen LogP contribution in [0.2, 0.25) is 5.15 Å². The minimum Gasteiger partial charge on any atom is -0.481 e. The summed E-state index contributed by atoms with van der Waals surface area (Å²) in [4.78, 5) is 14.5. The number of nitrogens with zero attached hydrogens (tertiary/aromatic N) is 1. The van der Waals surface area contributed by atoms with E-state index in [0.717, 1.165) is 0 Å². The Morgan fingerprint density at radius 2 is 2.31 bits per heavy atom. The van der Waals surface area contributed by atoms with Gasteiger partial charge in [0.1, 0.15) is 5.15 Å². The highest BCUT2D eigenvalue weighted by Crippen LogP contribution is 2.22. The number of carboxylic acid groups (broad SMARTS) is 1. The second kappa shape index (κ2) is 3.62. The Morgan fingerprint density at radius 3 is 2.77 bits per heavy atom. The van der Waals surface area contributed by atoms with Crippen molar-refractivity contribution in [3.63, 3.8) is 0 Å². The number of halogens is 1. The molecule has 0 amide bonds. The third kappa shape index (κ3) is 1.89. The molecule has 0 bridgehead atoms. The van der Waals surface area contributed by atoms with Gasteiger partial charge in [-0.1, -0.05) is 11.6 Å². The summed E-state index contributed by atoms with van der Waals surface area (Å²) >= 11 is 5.59. The van der Waals surface area contributed by atoms with Gasteiger partial charge in [-0.3, -0.25) is 0 Å². The van der Waals surface area contributed by atoms with E-state index in [2.05, 4.69) is 4.98 Å². The fraction of sp³-hybridized carbons (Fsp3) is 0.250. The molecule has 70 valence electrons. The van der Waals surface area contributed by atoms with E-state index in [1.807, 2.05) is 0 Å². The van der Waals surface area contributed by atoms with Crippen molar-refractivity contribution in [2.24, 2.45) is 0 Å². The maximum absolute atomic E-state index is 10.7. The van der Waals surface area contributed by atoms with Crippen LogP contribution in [0.3, 0.4) is 0 Å². The maximum atomic E-state index is 10.7. The predicted octanol–water partition coefficient (Wildman–Crippen LogP) is 1.75. The van der Waals surface area contributed by atoms with Gasteiger partial charge in [-0.15, -0.1) is 0 Å². The molecule has 0 unspecified atom stereocenters. The fourth-order valence-corrected chi connectivity index (χ4v) is 1.16. The lowest BCUT2D eigenvalue weighted by Gasteiger charge is -2.06. The minimum atomic E-state index is -1.04. The molecule has 0 saturated carbocycles. The third-order valence-electron chi connectivity index (χ3n) is 1.62. The first-order valence-electron chi connectivity index (χ1n) is 3.50. The van der Waals surface area contributed by atoms with Crippen LogP contribution in [-0.2, 0) is 0 Å². The molecule has 1 heterocycles. The van der Waals surface area contributed by atoms with E-state index in [0.29, 0.717) is 5.56 Å². The number of hydrogen-bond acceptors (Lipinski definition) is 3. The molecule has 13 heavy (non-hydrogen) atoms. The van der Waals surface area contributed by atoms with Crippen LogP contribution in [-0.4, -0.2) is 23.2 Å². The highest BCUT2D eigenvalue weighted by Gasteiger charge is 2.13. The lowest BCUT2D eigenvalue weighted by atomic mass is 10.1. The van der Waals surface area contributed by atoms with E-state index in [1.54, 1.807) is 6.92 Å². The quantitative estimate of drug-likeness (QED) is 0.741. The Bertz CT molecular complexity index is 351. The first kappa shape index (κ1) is 9.80. The van der Waals surface area contributed by atoms with Crippen LogP contribution in [0.4, 0.5) is 0 Å². The molecule has 5 heteroatoms. The molecule has 1 aromatic rings. The van der Waals surface area contributed by atoms with Gasteiger partial charge in [-0.05, 0) is 13.0 Å². The standard InChI is InChI=1S/C8H8ClNO3/c1-4-5(8(11)12)3-6(9)10-7(4)13-2/h3H,1-2H3,(H,11,12). The van der Waals surface area contributed by atoms with Crippen LogP contribution in [0.15, 0.2) is 6.07 Å². The Morgan fingerprint density at radius 1 is 1.69 bits per heavy atom. The molecule has 0 saturated heterocycles. The lowest BCUT2D eigenvalue weighted by Crippen LogP contribution is -2.03. The van der Waals surface area contributed by atoms with Crippen molar-refractivity contribution in [3.05, 3.63) is 22.3 Å². The van der Waals surface area contributed by atoms with E-state index in [-0.39, 0.29) is 16.6 Å². The second-order valence-corrected chi connectivity index (χ2v) is 2.82. The summed E-state index contributed by atoms with van der Waals surface area (Å²) in [7, 11) is 1.41. The molecular formula is C8H8ClNO3. The average Bonchev–Trinajstić information content (AvgIpc) is 2.08. The molecule has 0 fully saturated rings. The Hall–Kier alpha value is -1.29. The van der Waals surface area contributed by atoms with Crippen molar-refractivity contribution in [2.75, 3.05) is 7.11 Å². The summed E-state index contributed by atoms with van der Waals surface area (Å²) in [6.07, 6.45) is 0. The van der Waals surface area contributed by atoms with E-state index >= 15 is 0 Å². The highest BCUT2D eigenvalue weighted by atomic mass is 35.5. The molecule has 0 spiro atoms. The molecule has 1 rings (SSSR count). The van der Waals surface area contributed by atoms with Crippen molar-refractivity contribution in [3.8, 4) is 5.88 Å². The van der Waals surface area contributed by atoms with Crippen molar-refractivity contribution >= 4 is 17.6 Å². The first-order chi connectivity index (χ1) is 6.06. The summed E-state index contributed by atoms with van der Waals surface area (Å²) < 4.78 is 4.86. The van der Waals surface area contributed by atoms with Crippen molar-refractivity contribution in [1.82, 2.24) is 4.98 Å². The Kier molecular flexibility index (Phi) is 2.72. The SMILES string of the molecule is COc1nc(Cl)cc(C(=O)O)c1C. The zero-order valence-electron chi connectivity index (χ0n) is 7.17. The van der Waals surface area contributed by atoms with E-state index in [1.165, 1.54) is 13.2 Å². The summed E-state index contributed by atoms with van der Waals surface area (Å²) in [5, 5.41) is 8.88. The summed E-state index contributed by atoms with van der Waals surface area (Å²) in [5.41, 5.74) is 0.580. The van der Waals surface area contributed by atoms with Crippen molar-refractivity contribution in [2.45, 2.75) is 6.92 Å². The Balaban J connectivity index is 3.35. The summed E-state index contributed by atoms with van der Waals surface area (Å²) in [6, 6.07) is 1.29. The van der Waals surface area contributed by atoms with E-state index in [9.17, 15) is 4.79 Å². The number of carbonyl (C=O) groups is 1. The number of hydrogen-bond donors (Lipinski definition) is 1. The maximum Gasteiger partial charge on any atom is 0.336 e. The van der Waals surface area contributed by atoms with Gasteiger partial charge in [-0.2, -0.15) is 0 Å². The lowest BCUT2D eigenvalue weighted by molar-refractivity contribution is 0.0695. The number of methoxy groups -OCH3 is 1. The first-order valence-corrected chi connectivity index (χ1v) is 3.88. The number of pyridine rings is 1. The predicted molar refractivity (Wildman–Crippen MR) is 47.5 cm³/mol. The zero-order valence-corrected chi connectivity index (χ0v) is 7.92. The van der Waals surface area contributed by atoms with Crippen LogP contribution in [0.1, 0.15) is 15.9 Å². The van der Waals surface area contributed by atoms with Crippen molar-refractivity contribution in [1.29, 1.82) is 0 Å². The number of rotatable bonds is 2. The number of aromatic nitrogens is 1. The van der Waals surface area contributed by atoms with E-state index in [4.69, 9.17) is 21.4 Å². The molecular weight excluding hydrogens is 194 g/mol. The summed E-state index contributed by atoms with van der Waals surface area (Å²) in [5.74, 6) is -0.801. The normalized spacial score (nSPS) is 9.77. The Labute approximate surface area is 80.1 Å². The number of aromatic carboxylic acids is 1. The fourth-order valence-electron chi connectivity index (χ4n) is 0.977. The molecule has 0 atom stereocenters. The number of carboxylic acids is 1. The average molecular weight is 202 g/mol. The van der Waals surface area contributed by atoms with Gasteiger partial charge in [0.15, 0.2) is 0 Å². The number of ether oxygens (including phenoxy) is 1. The third-order valence-corrected chi connectivity index (χ3v) is 1.81. The molecule has 1 N–H and O–H groups in total. The van der Waals surface area contributed by atoms with Gasteiger partial charge in [0, 0.05) is 5.56 Å². The van der Waals surface area contributed by atoms with Crippen LogP contribution < -0.4 is 4.74 Å². The molecule has 0 aliphatic carbocycles. The molecule has 0 aliphatic rings. The van der Waals surface area contributed by atoms with Crippen LogP contribution >= 0.6 is 11.6 Å². The van der Waals surface area contributed by atoms with Crippen LogP contribution in [0.25, 0.3) is 0 Å². The molecule has 0 radical (unpaired) electrons. The van der Waals surface area contributed by atoms with Crippen molar-refractivity contribution < 1.29 is 14.6 Å². The van der Waals surface area contributed by atoms with Gasteiger partial charge in [0.2, 0.25) is 5.88 Å². The van der Waals surface area contributed by atoms with E-state index < -0.39 is 5.97 Å². The molecule has 0 aromatic carbocycles. The molecule has 4 nitrogen and oxygen atoms in total. The van der Waals surface area contributed by atoms with Crippen LogP contribution in [0, 0.1) is 6.92 Å². The summed E-state index contributed by atoms with van der Waals surface area (Å²) in [6.45, 7) is 1.62. The second-order valence-electron chi connectivity index (χ2n) is 2.43. The minimum absolute atomic E-state index is 0.108. The van der Waals surface area contributed by atoms with Gasteiger partial charge < -0.3 is 9.84 Å². The largest absolute Gasteiger partial charge is 0.481 e. The van der Waals surface area contributed by atoms with Gasteiger partial charge >= 0.3 is 5.97 Å². The highest BCUT2D eigenvalue weighted by molar-refractivity contribution is 6.29. The molecule has 1 aromatic heterocycles. The van der Waals surface area contributed by atoms with Gasteiger partial charge in [0.25, 0.3) is 0 Å². The zero-order chi connectivity index (χ0) is 10.0. The van der Waals surface area contributed by atoms with Gasteiger partial charge in [0.05, 0.1) is 12.7 Å². The molecule has 0 aliphatic heterocycles. The topological polar surface area (TPSA) is 59.4 Å².